The maximum Gasteiger partial charge on any atom is 0.270 e. The Bertz CT molecular complexity index is 1030. The van der Waals surface area contributed by atoms with Gasteiger partial charge in [0, 0.05) is 36.5 Å². The zero-order chi connectivity index (χ0) is 23.9. The van der Waals surface area contributed by atoms with Crippen LogP contribution in [0.1, 0.15) is 55.5 Å². The van der Waals surface area contributed by atoms with Crippen LogP contribution in [0.4, 0.5) is 8.78 Å². The highest BCUT2D eigenvalue weighted by molar-refractivity contribution is 5.79. The molecule has 0 fully saturated rings. The molecule has 0 aliphatic rings. The third-order valence-electron chi connectivity index (χ3n) is 5.34. The molecular formula is C28H34F2N2. The lowest BCUT2D eigenvalue weighted by molar-refractivity contribution is 0.0175. The number of rotatable bonds is 6. The van der Waals surface area contributed by atoms with Gasteiger partial charge in [-0.05, 0) is 65.9 Å². The minimum atomic E-state index is -2.85. The number of pyridine rings is 1. The summed E-state index contributed by atoms with van der Waals surface area (Å²) in [5, 5.41) is 3.03. The summed E-state index contributed by atoms with van der Waals surface area (Å²) in [6.45, 7) is 13.4. The van der Waals surface area contributed by atoms with Gasteiger partial charge in [-0.15, -0.1) is 0 Å². The van der Waals surface area contributed by atoms with Gasteiger partial charge in [-0.25, -0.2) is 8.78 Å². The highest BCUT2D eigenvalue weighted by atomic mass is 19.3. The highest BCUT2D eigenvalue weighted by Crippen LogP contribution is 2.34. The van der Waals surface area contributed by atoms with Crippen molar-refractivity contribution < 1.29 is 8.78 Å². The van der Waals surface area contributed by atoms with Crippen molar-refractivity contribution in [3.63, 3.8) is 0 Å². The van der Waals surface area contributed by atoms with Gasteiger partial charge in [0.1, 0.15) is 0 Å². The number of alkyl halides is 2. The lowest BCUT2D eigenvalue weighted by Gasteiger charge is -2.16. The van der Waals surface area contributed by atoms with Crippen LogP contribution in [0, 0.1) is 6.92 Å². The van der Waals surface area contributed by atoms with Gasteiger partial charge in [0.15, 0.2) is 0 Å². The number of hydrogen-bond donors (Lipinski definition) is 1. The molecule has 2 nitrogen and oxygen atoms in total. The lowest BCUT2D eigenvalue weighted by Crippen LogP contribution is -2.15. The molecule has 0 atom stereocenters. The standard InChI is InChI=1S/C24H23F2N.C4H11N/c1-5-18-10-11-22(24(4,25)26)13-23(18)20-8-6-19(7-9-20)17(3)21-12-16(2)14-27-15-21;1-4(2)5-3/h6-15H,3,5H2,1-2,4H3;4-5H,1-3H3. The van der Waals surface area contributed by atoms with E-state index in [1.807, 2.05) is 57.4 Å². The van der Waals surface area contributed by atoms with Crippen LogP contribution in [0.25, 0.3) is 16.7 Å². The fourth-order valence-corrected chi connectivity index (χ4v) is 3.16. The highest BCUT2D eigenvalue weighted by Gasteiger charge is 2.25. The van der Waals surface area contributed by atoms with Crippen LogP contribution in [-0.2, 0) is 12.3 Å². The Balaban J connectivity index is 0.000000654. The molecule has 3 aromatic rings. The van der Waals surface area contributed by atoms with Crippen molar-refractivity contribution in [1.29, 1.82) is 0 Å². The van der Waals surface area contributed by atoms with Gasteiger partial charge < -0.3 is 5.32 Å². The van der Waals surface area contributed by atoms with Crippen molar-refractivity contribution in [2.45, 2.75) is 53.0 Å². The maximum absolute atomic E-state index is 13.8. The molecule has 0 saturated carbocycles. The number of halogens is 2. The first-order valence-electron chi connectivity index (χ1n) is 11.0. The molecule has 0 spiro atoms. The van der Waals surface area contributed by atoms with E-state index in [1.165, 1.54) is 6.07 Å². The van der Waals surface area contributed by atoms with Crippen LogP contribution >= 0.6 is 0 Å². The van der Waals surface area contributed by atoms with E-state index in [0.717, 1.165) is 52.3 Å². The SMILES string of the molecule is C=C(c1ccc(-c2cc(C(C)(F)F)ccc2CC)cc1)c1cncc(C)c1.CNC(C)C. The van der Waals surface area contributed by atoms with E-state index in [-0.39, 0.29) is 5.56 Å². The molecule has 0 bridgehead atoms. The Morgan fingerprint density at radius 1 is 1.03 bits per heavy atom. The summed E-state index contributed by atoms with van der Waals surface area (Å²) >= 11 is 0. The molecule has 3 rings (SSSR count). The Morgan fingerprint density at radius 2 is 1.66 bits per heavy atom. The van der Waals surface area contributed by atoms with Gasteiger partial charge in [-0.3, -0.25) is 4.98 Å². The molecule has 0 saturated heterocycles. The zero-order valence-corrected chi connectivity index (χ0v) is 20.0. The van der Waals surface area contributed by atoms with Gasteiger partial charge >= 0.3 is 0 Å². The van der Waals surface area contributed by atoms with Crippen LogP contribution in [-0.4, -0.2) is 18.1 Å². The molecule has 0 radical (unpaired) electrons. The summed E-state index contributed by atoms with van der Waals surface area (Å²) in [6.07, 6.45) is 4.39. The summed E-state index contributed by atoms with van der Waals surface area (Å²) in [5.74, 6) is -2.85. The molecule has 4 heteroatoms. The number of aryl methyl sites for hydroxylation is 2. The topological polar surface area (TPSA) is 24.9 Å². The smallest absolute Gasteiger partial charge is 0.270 e. The van der Waals surface area contributed by atoms with Crippen LogP contribution in [0.15, 0.2) is 67.5 Å². The number of nitrogens with one attached hydrogen (secondary N) is 1. The second kappa shape index (κ2) is 11.1. The van der Waals surface area contributed by atoms with E-state index in [4.69, 9.17) is 0 Å². The fraction of sp³-hybridized carbons (Fsp3) is 0.321. The molecular weight excluding hydrogens is 402 g/mol. The quantitative estimate of drug-likeness (QED) is 0.435. The third kappa shape index (κ3) is 6.83. The second-order valence-electron chi connectivity index (χ2n) is 8.36. The van der Waals surface area contributed by atoms with Crippen molar-refractivity contribution in [1.82, 2.24) is 10.3 Å². The molecule has 1 heterocycles. The third-order valence-corrected chi connectivity index (χ3v) is 5.34. The van der Waals surface area contributed by atoms with Crippen molar-refractivity contribution in [3.05, 3.63) is 95.3 Å². The van der Waals surface area contributed by atoms with E-state index >= 15 is 0 Å². The fourth-order valence-electron chi connectivity index (χ4n) is 3.16. The molecule has 0 amide bonds. The number of aromatic nitrogens is 1. The molecule has 32 heavy (non-hydrogen) atoms. The summed E-state index contributed by atoms with van der Waals surface area (Å²) < 4.78 is 27.5. The predicted octanol–water partition coefficient (Wildman–Crippen LogP) is 7.41. The minimum absolute atomic E-state index is 0.0361. The van der Waals surface area contributed by atoms with Gasteiger partial charge in [0.05, 0.1) is 0 Å². The van der Waals surface area contributed by atoms with Crippen molar-refractivity contribution in [2.75, 3.05) is 7.05 Å². The predicted molar refractivity (Wildman–Crippen MR) is 132 cm³/mol. The Labute approximate surface area is 191 Å². The van der Waals surface area contributed by atoms with Gasteiger partial charge in [-0.1, -0.05) is 63.7 Å². The molecule has 1 N–H and O–H groups in total. The number of nitrogens with zero attached hydrogens (tertiary/aromatic N) is 1. The zero-order valence-electron chi connectivity index (χ0n) is 20.0. The van der Waals surface area contributed by atoms with Crippen LogP contribution in [0.3, 0.4) is 0 Å². The molecule has 0 aliphatic heterocycles. The Kier molecular flexibility index (Phi) is 8.85. The molecule has 1 aromatic heterocycles. The van der Waals surface area contributed by atoms with Gasteiger partial charge in [-0.2, -0.15) is 0 Å². The molecule has 170 valence electrons. The normalized spacial score (nSPS) is 11.2. The van der Waals surface area contributed by atoms with Crippen molar-refractivity contribution in [2.24, 2.45) is 0 Å². The van der Waals surface area contributed by atoms with E-state index in [2.05, 4.69) is 30.7 Å². The summed E-state index contributed by atoms with van der Waals surface area (Å²) in [4.78, 5) is 4.22. The van der Waals surface area contributed by atoms with Crippen LogP contribution in [0.5, 0.6) is 0 Å². The maximum atomic E-state index is 13.8. The average Bonchev–Trinajstić information content (AvgIpc) is 2.78. The van der Waals surface area contributed by atoms with Crippen molar-refractivity contribution in [3.8, 4) is 11.1 Å². The van der Waals surface area contributed by atoms with Crippen LogP contribution in [0.2, 0.25) is 0 Å². The number of benzene rings is 2. The Morgan fingerprint density at radius 3 is 2.16 bits per heavy atom. The summed E-state index contributed by atoms with van der Waals surface area (Å²) in [6, 6.07) is 15.5. The Hall–Kier alpha value is -2.85. The van der Waals surface area contributed by atoms with E-state index in [0.29, 0.717) is 6.04 Å². The molecule has 2 aromatic carbocycles. The van der Waals surface area contributed by atoms with E-state index in [9.17, 15) is 8.78 Å². The second-order valence-corrected chi connectivity index (χ2v) is 8.36. The first-order chi connectivity index (χ1) is 15.1. The summed E-state index contributed by atoms with van der Waals surface area (Å²) in [5.41, 5.74) is 6.80. The average molecular weight is 437 g/mol. The van der Waals surface area contributed by atoms with Gasteiger partial charge in [0.2, 0.25) is 0 Å². The largest absolute Gasteiger partial charge is 0.318 e. The van der Waals surface area contributed by atoms with Crippen molar-refractivity contribution >= 4 is 5.57 Å². The van der Waals surface area contributed by atoms with Crippen LogP contribution < -0.4 is 5.32 Å². The first-order valence-corrected chi connectivity index (χ1v) is 11.0. The minimum Gasteiger partial charge on any atom is -0.318 e. The lowest BCUT2D eigenvalue weighted by atomic mass is 9.92. The monoisotopic (exact) mass is 436 g/mol. The molecule has 0 unspecified atom stereocenters. The van der Waals surface area contributed by atoms with Gasteiger partial charge in [0.25, 0.3) is 5.92 Å². The molecule has 0 aliphatic carbocycles. The van der Waals surface area contributed by atoms with E-state index < -0.39 is 5.92 Å². The first kappa shape index (κ1) is 25.4. The number of hydrogen-bond acceptors (Lipinski definition) is 2. The van der Waals surface area contributed by atoms with E-state index in [1.54, 1.807) is 18.3 Å². The summed E-state index contributed by atoms with van der Waals surface area (Å²) in [7, 11) is 1.95.